The monoisotopic (exact) mass is 332 g/mol. The molecule has 1 N–H and O–H groups in total. The van der Waals surface area contributed by atoms with Crippen molar-refractivity contribution in [1.82, 2.24) is 19.9 Å². The lowest BCUT2D eigenvalue weighted by molar-refractivity contribution is -0.119. The molecule has 1 atom stereocenters. The highest BCUT2D eigenvalue weighted by molar-refractivity contribution is 7.99. The third kappa shape index (κ3) is 3.56. The molecule has 0 fully saturated rings. The van der Waals surface area contributed by atoms with Crippen molar-refractivity contribution in [1.29, 1.82) is 0 Å². The van der Waals surface area contributed by atoms with Gasteiger partial charge in [-0.1, -0.05) is 41.9 Å². The Hall–Kier alpha value is -0.980. The number of pyridine rings is 1. The van der Waals surface area contributed by atoms with Gasteiger partial charge >= 0.3 is 0 Å². The Balaban J connectivity index is 2.09. The van der Waals surface area contributed by atoms with Crippen molar-refractivity contribution in [2.75, 3.05) is 5.75 Å². The standard InChI is InChI=1S/C12H14Cl2N4OS/c1-3-7(2)15-10(19)6-20-12-17-16-11-9(14)4-8(13)5-18(11)12/h4-5,7H,3,6H2,1-2H3,(H,15,19)/t7-/m1/s1. The van der Waals surface area contributed by atoms with Gasteiger partial charge in [-0.2, -0.15) is 0 Å². The first-order valence-electron chi connectivity index (χ1n) is 6.13. The molecule has 0 spiro atoms. The Morgan fingerprint density at radius 3 is 2.95 bits per heavy atom. The molecule has 8 heteroatoms. The second-order valence-electron chi connectivity index (χ2n) is 4.35. The van der Waals surface area contributed by atoms with Crippen LogP contribution in [-0.2, 0) is 4.79 Å². The molecule has 0 aliphatic rings. The maximum Gasteiger partial charge on any atom is 0.230 e. The number of rotatable bonds is 5. The quantitative estimate of drug-likeness (QED) is 0.855. The van der Waals surface area contributed by atoms with Crippen molar-refractivity contribution in [2.24, 2.45) is 0 Å². The van der Waals surface area contributed by atoms with E-state index in [4.69, 9.17) is 23.2 Å². The molecule has 0 aliphatic heterocycles. The van der Waals surface area contributed by atoms with Crippen LogP contribution in [0, 0.1) is 0 Å². The molecule has 0 unspecified atom stereocenters. The number of nitrogens with zero attached hydrogens (tertiary/aromatic N) is 3. The van der Waals surface area contributed by atoms with Gasteiger partial charge in [0.2, 0.25) is 5.91 Å². The highest BCUT2D eigenvalue weighted by atomic mass is 35.5. The number of thioether (sulfide) groups is 1. The van der Waals surface area contributed by atoms with Gasteiger partial charge in [-0.15, -0.1) is 10.2 Å². The van der Waals surface area contributed by atoms with Crippen molar-refractivity contribution in [3.63, 3.8) is 0 Å². The van der Waals surface area contributed by atoms with Gasteiger partial charge in [-0.05, 0) is 19.4 Å². The Kier molecular flexibility index (Phi) is 5.12. The number of fused-ring (bicyclic) bond motifs is 1. The number of hydrogen-bond acceptors (Lipinski definition) is 4. The van der Waals surface area contributed by atoms with E-state index >= 15 is 0 Å². The average Bonchev–Trinajstić information content (AvgIpc) is 2.79. The number of halogens is 2. The lowest BCUT2D eigenvalue weighted by Crippen LogP contribution is -2.33. The molecule has 2 heterocycles. The summed E-state index contributed by atoms with van der Waals surface area (Å²) in [4.78, 5) is 11.7. The number of aromatic nitrogens is 3. The molecule has 20 heavy (non-hydrogen) atoms. The summed E-state index contributed by atoms with van der Waals surface area (Å²) in [6, 6.07) is 1.78. The number of carbonyl (C=O) groups excluding carboxylic acids is 1. The third-order valence-corrected chi connectivity index (χ3v) is 4.18. The van der Waals surface area contributed by atoms with Gasteiger partial charge in [-0.25, -0.2) is 0 Å². The highest BCUT2D eigenvalue weighted by Crippen LogP contribution is 2.25. The van der Waals surface area contributed by atoms with Crippen LogP contribution in [0.25, 0.3) is 5.65 Å². The van der Waals surface area contributed by atoms with Crippen molar-refractivity contribution in [2.45, 2.75) is 31.5 Å². The molecule has 0 aromatic carbocycles. The van der Waals surface area contributed by atoms with Crippen LogP contribution in [0.4, 0.5) is 0 Å². The number of nitrogens with one attached hydrogen (secondary N) is 1. The van der Waals surface area contributed by atoms with Crippen LogP contribution in [0.5, 0.6) is 0 Å². The molecule has 0 saturated carbocycles. The van der Waals surface area contributed by atoms with Crippen LogP contribution in [0.2, 0.25) is 10.0 Å². The normalized spacial score (nSPS) is 12.6. The first kappa shape index (κ1) is 15.4. The summed E-state index contributed by atoms with van der Waals surface area (Å²) in [5.74, 6) is 0.240. The summed E-state index contributed by atoms with van der Waals surface area (Å²) in [6.07, 6.45) is 2.58. The Bertz CT molecular complexity index is 631. The molecule has 2 rings (SSSR count). The molecule has 0 saturated heterocycles. The number of carbonyl (C=O) groups is 1. The minimum atomic E-state index is -0.0331. The van der Waals surface area contributed by atoms with Gasteiger partial charge in [-0.3, -0.25) is 9.20 Å². The summed E-state index contributed by atoms with van der Waals surface area (Å²) in [6.45, 7) is 3.99. The largest absolute Gasteiger partial charge is 0.353 e. The zero-order valence-corrected chi connectivity index (χ0v) is 13.4. The molecule has 0 bridgehead atoms. The second-order valence-corrected chi connectivity index (χ2v) is 6.13. The van der Waals surface area contributed by atoms with Crippen molar-refractivity contribution < 1.29 is 4.79 Å². The highest BCUT2D eigenvalue weighted by Gasteiger charge is 2.13. The number of amides is 1. The number of hydrogen-bond donors (Lipinski definition) is 1. The van der Waals surface area contributed by atoms with Gasteiger partial charge in [0.25, 0.3) is 0 Å². The first-order chi connectivity index (χ1) is 9.51. The van der Waals surface area contributed by atoms with Gasteiger partial charge < -0.3 is 5.32 Å². The maximum absolute atomic E-state index is 11.7. The van der Waals surface area contributed by atoms with Crippen LogP contribution < -0.4 is 5.32 Å². The van der Waals surface area contributed by atoms with Crippen LogP contribution in [0.1, 0.15) is 20.3 Å². The Morgan fingerprint density at radius 1 is 1.50 bits per heavy atom. The van der Waals surface area contributed by atoms with E-state index < -0.39 is 0 Å². The fraction of sp³-hybridized carbons (Fsp3) is 0.417. The molecule has 0 radical (unpaired) electrons. The zero-order valence-electron chi connectivity index (χ0n) is 11.1. The van der Waals surface area contributed by atoms with E-state index in [0.29, 0.717) is 20.8 Å². The molecule has 108 valence electrons. The van der Waals surface area contributed by atoms with E-state index in [1.807, 2.05) is 13.8 Å². The first-order valence-corrected chi connectivity index (χ1v) is 7.87. The van der Waals surface area contributed by atoms with Gasteiger partial charge in [0.05, 0.1) is 15.8 Å². The summed E-state index contributed by atoms with van der Waals surface area (Å²) < 4.78 is 1.69. The average molecular weight is 333 g/mol. The van der Waals surface area contributed by atoms with Crippen molar-refractivity contribution in [3.8, 4) is 0 Å². The van der Waals surface area contributed by atoms with E-state index in [9.17, 15) is 4.79 Å². The Morgan fingerprint density at radius 2 is 2.25 bits per heavy atom. The van der Waals surface area contributed by atoms with E-state index in [1.54, 1.807) is 16.7 Å². The molecule has 0 aliphatic carbocycles. The molecule has 1 amide bonds. The second kappa shape index (κ2) is 6.65. The summed E-state index contributed by atoms with van der Waals surface area (Å²) in [5.41, 5.74) is 0.529. The predicted molar refractivity (Wildman–Crippen MR) is 81.6 cm³/mol. The van der Waals surface area contributed by atoms with Crippen LogP contribution in [0.15, 0.2) is 17.4 Å². The van der Waals surface area contributed by atoms with Gasteiger partial charge in [0, 0.05) is 12.2 Å². The van der Waals surface area contributed by atoms with Crippen LogP contribution in [0.3, 0.4) is 0 Å². The third-order valence-electron chi connectivity index (χ3n) is 2.75. The fourth-order valence-corrected chi connectivity index (χ4v) is 2.78. The summed E-state index contributed by atoms with van der Waals surface area (Å²) in [7, 11) is 0. The lowest BCUT2D eigenvalue weighted by atomic mass is 10.3. The predicted octanol–water partition coefficient (Wildman–Crippen LogP) is 3.04. The molecular weight excluding hydrogens is 319 g/mol. The van der Waals surface area contributed by atoms with Crippen molar-refractivity contribution in [3.05, 3.63) is 22.3 Å². The fourth-order valence-electron chi connectivity index (χ4n) is 1.55. The topological polar surface area (TPSA) is 59.3 Å². The van der Waals surface area contributed by atoms with E-state index in [1.165, 1.54) is 11.8 Å². The SMILES string of the molecule is CC[C@@H](C)NC(=O)CSc1nnc2c(Cl)cc(Cl)cn12. The molecule has 2 aromatic heterocycles. The van der Waals surface area contributed by atoms with Gasteiger partial charge in [0.1, 0.15) is 0 Å². The lowest BCUT2D eigenvalue weighted by Gasteiger charge is -2.10. The summed E-state index contributed by atoms with van der Waals surface area (Å²) in [5, 5.41) is 12.4. The van der Waals surface area contributed by atoms with Gasteiger partial charge in [0.15, 0.2) is 10.8 Å². The van der Waals surface area contributed by atoms with E-state index in [2.05, 4.69) is 15.5 Å². The minimum Gasteiger partial charge on any atom is -0.353 e. The van der Waals surface area contributed by atoms with E-state index in [0.717, 1.165) is 6.42 Å². The molecule has 5 nitrogen and oxygen atoms in total. The van der Waals surface area contributed by atoms with E-state index in [-0.39, 0.29) is 17.7 Å². The molecule has 2 aromatic rings. The van der Waals surface area contributed by atoms with Crippen LogP contribution in [-0.4, -0.2) is 32.3 Å². The Labute approximate surface area is 131 Å². The van der Waals surface area contributed by atoms with Crippen LogP contribution >= 0.6 is 35.0 Å². The maximum atomic E-state index is 11.7. The molecular formula is C12H14Cl2N4OS. The van der Waals surface area contributed by atoms with Crippen molar-refractivity contribution >= 4 is 46.5 Å². The zero-order chi connectivity index (χ0) is 14.7. The minimum absolute atomic E-state index is 0.0331. The smallest absolute Gasteiger partial charge is 0.230 e. The summed E-state index contributed by atoms with van der Waals surface area (Å²) >= 11 is 13.3.